The van der Waals surface area contributed by atoms with Crippen LogP contribution in [-0.2, 0) is 21.2 Å². The molecule has 1 saturated heterocycles. The van der Waals surface area contributed by atoms with E-state index in [4.69, 9.17) is 9.73 Å². The molecule has 3 aromatic rings. The molecule has 0 unspecified atom stereocenters. The number of carbonyl (C=O) groups excluding carboxylic acids is 2. The fourth-order valence-corrected chi connectivity index (χ4v) is 6.51. The third-order valence-corrected chi connectivity index (χ3v) is 9.58. The third kappa shape index (κ3) is 6.80. The standard InChI is InChI=1S/C34H40N4O5S/c1-6-34(7-2)21-30(39)38(32(37-34)35-25-14-11-15-26(19-25)44(5,41)42)22-23-12-10-13-24(18-23)31(40)36-28-20-33(3,4)43-29-17-9-8-16-27(28)29/h8-19,28H,6-7,20-22H2,1-5H3,(H,35,37)(H,36,40)/t28-/m0/s1. The Morgan fingerprint density at radius 3 is 2.50 bits per heavy atom. The summed E-state index contributed by atoms with van der Waals surface area (Å²) in [7, 11) is -3.43. The minimum atomic E-state index is -3.43. The first-order valence-electron chi connectivity index (χ1n) is 15.0. The largest absolute Gasteiger partial charge is 0.487 e. The Hall–Kier alpha value is -4.18. The van der Waals surface area contributed by atoms with Crippen molar-refractivity contribution in [1.29, 1.82) is 0 Å². The zero-order valence-corrected chi connectivity index (χ0v) is 26.7. The Labute approximate surface area is 259 Å². The average Bonchev–Trinajstić information content (AvgIpc) is 2.98. The van der Waals surface area contributed by atoms with Crippen molar-refractivity contribution in [2.45, 2.75) is 82.0 Å². The molecule has 1 fully saturated rings. The molecule has 3 aromatic carbocycles. The van der Waals surface area contributed by atoms with E-state index < -0.39 is 21.0 Å². The lowest BCUT2D eigenvalue weighted by Gasteiger charge is -2.42. The van der Waals surface area contributed by atoms with E-state index in [1.807, 2.05) is 64.1 Å². The fourth-order valence-electron chi connectivity index (χ4n) is 5.85. The van der Waals surface area contributed by atoms with Gasteiger partial charge in [0.25, 0.3) is 5.91 Å². The predicted octanol–water partition coefficient (Wildman–Crippen LogP) is 5.69. The first-order valence-corrected chi connectivity index (χ1v) is 16.9. The summed E-state index contributed by atoms with van der Waals surface area (Å²) in [4.78, 5) is 33.6. The number of amides is 2. The molecule has 10 heteroatoms. The van der Waals surface area contributed by atoms with Gasteiger partial charge < -0.3 is 15.4 Å². The van der Waals surface area contributed by atoms with Gasteiger partial charge in [0.1, 0.15) is 11.4 Å². The summed E-state index contributed by atoms with van der Waals surface area (Å²) in [6.45, 7) is 8.26. The van der Waals surface area contributed by atoms with Crippen molar-refractivity contribution in [3.05, 3.63) is 89.5 Å². The van der Waals surface area contributed by atoms with Gasteiger partial charge in [-0.1, -0.05) is 50.2 Å². The lowest BCUT2D eigenvalue weighted by Crippen LogP contribution is -2.61. The van der Waals surface area contributed by atoms with Crippen LogP contribution in [0.1, 0.15) is 80.9 Å². The van der Waals surface area contributed by atoms with Crippen LogP contribution in [0, 0.1) is 0 Å². The van der Waals surface area contributed by atoms with Crippen LogP contribution < -0.4 is 15.4 Å². The number of nitrogens with zero attached hydrogens (tertiary/aromatic N) is 2. The fraction of sp³-hybridized carbons (Fsp3) is 0.382. The van der Waals surface area contributed by atoms with E-state index in [9.17, 15) is 18.0 Å². The van der Waals surface area contributed by atoms with Crippen LogP contribution in [0.3, 0.4) is 0 Å². The van der Waals surface area contributed by atoms with Crippen molar-refractivity contribution in [3.63, 3.8) is 0 Å². The molecule has 44 heavy (non-hydrogen) atoms. The highest BCUT2D eigenvalue weighted by Crippen LogP contribution is 2.39. The number of nitrogens with one attached hydrogen (secondary N) is 2. The number of guanidine groups is 1. The Morgan fingerprint density at radius 2 is 1.77 bits per heavy atom. The van der Waals surface area contributed by atoms with Gasteiger partial charge in [-0.2, -0.15) is 0 Å². The van der Waals surface area contributed by atoms with Gasteiger partial charge in [0, 0.05) is 29.3 Å². The summed E-state index contributed by atoms with van der Waals surface area (Å²) in [5.74, 6) is 0.811. The number of aliphatic imine (C=N–C) groups is 1. The van der Waals surface area contributed by atoms with Crippen molar-refractivity contribution >= 4 is 33.3 Å². The van der Waals surface area contributed by atoms with Crippen molar-refractivity contribution in [1.82, 2.24) is 15.5 Å². The number of carbonyl (C=O) groups is 2. The van der Waals surface area contributed by atoms with Gasteiger partial charge in [0.15, 0.2) is 9.84 Å². The van der Waals surface area contributed by atoms with Crippen molar-refractivity contribution in [2.75, 3.05) is 6.26 Å². The van der Waals surface area contributed by atoms with Crippen LogP contribution in [0.5, 0.6) is 5.75 Å². The summed E-state index contributed by atoms with van der Waals surface area (Å²) in [5.41, 5.74) is 1.71. The maximum atomic E-state index is 13.6. The van der Waals surface area contributed by atoms with E-state index >= 15 is 0 Å². The van der Waals surface area contributed by atoms with Gasteiger partial charge in [-0.25, -0.2) is 13.4 Å². The molecule has 2 aliphatic rings. The molecule has 2 amide bonds. The van der Waals surface area contributed by atoms with Crippen LogP contribution in [0.25, 0.3) is 0 Å². The summed E-state index contributed by atoms with van der Waals surface area (Å²) in [5, 5.41) is 6.68. The number of fused-ring (bicyclic) bond motifs is 1. The minimum absolute atomic E-state index is 0.0960. The van der Waals surface area contributed by atoms with E-state index in [1.165, 1.54) is 12.1 Å². The van der Waals surface area contributed by atoms with Gasteiger partial charge in [-0.3, -0.25) is 14.5 Å². The second-order valence-electron chi connectivity index (χ2n) is 12.3. The first kappa shape index (κ1) is 31.3. The second kappa shape index (κ2) is 12.1. The molecule has 232 valence electrons. The number of ether oxygens (including phenoxy) is 1. The van der Waals surface area contributed by atoms with E-state index in [0.717, 1.165) is 23.1 Å². The highest BCUT2D eigenvalue weighted by molar-refractivity contribution is 7.90. The molecule has 0 aliphatic carbocycles. The monoisotopic (exact) mass is 616 g/mol. The molecular weight excluding hydrogens is 576 g/mol. The maximum Gasteiger partial charge on any atom is 0.251 e. The van der Waals surface area contributed by atoms with E-state index in [-0.39, 0.29) is 29.3 Å². The zero-order valence-electron chi connectivity index (χ0n) is 25.9. The molecule has 2 heterocycles. The van der Waals surface area contributed by atoms with E-state index in [1.54, 1.807) is 29.2 Å². The Balaban J connectivity index is 1.42. The Bertz CT molecular complexity index is 1710. The van der Waals surface area contributed by atoms with Gasteiger partial charge in [0.05, 0.1) is 29.6 Å². The average molecular weight is 617 g/mol. The molecule has 0 bridgehead atoms. The quantitative estimate of drug-likeness (QED) is 0.336. The number of sulfone groups is 1. The van der Waals surface area contributed by atoms with Crippen LogP contribution >= 0.6 is 0 Å². The number of hydrogen-bond donors (Lipinski definition) is 2. The van der Waals surface area contributed by atoms with Crippen molar-refractivity contribution in [3.8, 4) is 5.75 Å². The normalized spacial score (nSPS) is 19.9. The summed E-state index contributed by atoms with van der Waals surface area (Å²) < 4.78 is 30.5. The highest BCUT2D eigenvalue weighted by atomic mass is 32.2. The number of hydrogen-bond acceptors (Lipinski definition) is 6. The van der Waals surface area contributed by atoms with E-state index in [2.05, 4.69) is 10.6 Å². The number of rotatable bonds is 8. The lowest BCUT2D eigenvalue weighted by molar-refractivity contribution is -0.131. The molecule has 0 radical (unpaired) electrons. The number of para-hydroxylation sites is 1. The topological polar surface area (TPSA) is 117 Å². The Morgan fingerprint density at radius 1 is 1.05 bits per heavy atom. The molecule has 9 nitrogen and oxygen atoms in total. The molecule has 0 spiro atoms. The molecule has 2 aliphatic heterocycles. The van der Waals surface area contributed by atoms with Crippen molar-refractivity contribution in [2.24, 2.45) is 4.99 Å². The highest BCUT2D eigenvalue weighted by Gasteiger charge is 2.40. The SMILES string of the molecule is CCC1(CC)CC(=O)N(Cc2cccc(C(=O)N[C@H]3CC(C)(C)Oc4ccccc43)c2)/C(=N\c2cccc(S(C)(=O)=O)c2)N1. The smallest absolute Gasteiger partial charge is 0.251 e. The predicted molar refractivity (Wildman–Crippen MR) is 171 cm³/mol. The Kier molecular flexibility index (Phi) is 8.57. The first-order chi connectivity index (χ1) is 20.8. The van der Waals surface area contributed by atoms with E-state index in [0.29, 0.717) is 42.9 Å². The number of benzene rings is 3. The van der Waals surface area contributed by atoms with Gasteiger partial charge in [-0.05, 0) is 68.7 Å². The van der Waals surface area contributed by atoms with Gasteiger partial charge in [0.2, 0.25) is 11.9 Å². The second-order valence-corrected chi connectivity index (χ2v) is 14.3. The molecule has 5 rings (SSSR count). The van der Waals surface area contributed by atoms with Crippen LogP contribution in [0.4, 0.5) is 5.69 Å². The van der Waals surface area contributed by atoms with Gasteiger partial charge in [-0.15, -0.1) is 0 Å². The van der Waals surface area contributed by atoms with Crippen LogP contribution in [-0.4, -0.2) is 48.5 Å². The zero-order chi connectivity index (χ0) is 31.7. The minimum Gasteiger partial charge on any atom is -0.487 e. The third-order valence-electron chi connectivity index (χ3n) is 8.47. The van der Waals surface area contributed by atoms with Crippen LogP contribution in [0.2, 0.25) is 0 Å². The summed E-state index contributed by atoms with van der Waals surface area (Å²) in [6.07, 6.45) is 3.50. The lowest BCUT2D eigenvalue weighted by atomic mass is 9.86. The molecule has 0 saturated carbocycles. The maximum absolute atomic E-state index is 13.6. The van der Waals surface area contributed by atoms with Gasteiger partial charge >= 0.3 is 0 Å². The molecular formula is C34H40N4O5S. The van der Waals surface area contributed by atoms with Crippen molar-refractivity contribution < 1.29 is 22.7 Å². The summed E-state index contributed by atoms with van der Waals surface area (Å²) in [6, 6.07) is 21.1. The molecule has 1 atom stereocenters. The molecule has 0 aromatic heterocycles. The summed E-state index contributed by atoms with van der Waals surface area (Å²) >= 11 is 0. The molecule has 2 N–H and O–H groups in total. The van der Waals surface area contributed by atoms with Crippen LogP contribution in [0.15, 0.2) is 82.7 Å².